The van der Waals surface area contributed by atoms with Crippen molar-refractivity contribution >= 4 is 10.0 Å². The van der Waals surface area contributed by atoms with Gasteiger partial charge in [-0.25, -0.2) is 13.1 Å². The van der Waals surface area contributed by atoms with Crippen molar-refractivity contribution in [2.24, 2.45) is 5.92 Å². The molecule has 5 heteroatoms. The Bertz CT molecular complexity index is 225. The maximum absolute atomic E-state index is 11.3. The third-order valence-corrected chi connectivity index (χ3v) is 3.03. The molecule has 0 heterocycles. The molecule has 2 N–H and O–H groups in total. The van der Waals surface area contributed by atoms with Gasteiger partial charge in [0.15, 0.2) is 0 Å². The molecule has 0 fully saturated rings. The zero-order valence-corrected chi connectivity index (χ0v) is 10.2. The first-order valence-corrected chi connectivity index (χ1v) is 6.81. The zero-order valence-electron chi connectivity index (χ0n) is 9.34. The summed E-state index contributed by atoms with van der Waals surface area (Å²) in [7, 11) is -3.07. The van der Waals surface area contributed by atoms with Gasteiger partial charge in [-0.3, -0.25) is 0 Å². The van der Waals surface area contributed by atoms with Gasteiger partial charge in [0.2, 0.25) is 10.0 Å². The average molecular weight is 222 g/mol. The van der Waals surface area contributed by atoms with E-state index in [0.717, 1.165) is 13.0 Å². The molecule has 0 saturated carbocycles. The minimum absolute atomic E-state index is 0.166. The van der Waals surface area contributed by atoms with Gasteiger partial charge in [0.05, 0.1) is 5.75 Å². The van der Waals surface area contributed by atoms with Crippen LogP contribution in [0.15, 0.2) is 0 Å². The average Bonchev–Trinajstić information content (AvgIpc) is 2.10. The van der Waals surface area contributed by atoms with Crippen LogP contribution in [-0.4, -0.2) is 33.8 Å². The van der Waals surface area contributed by atoms with Crippen molar-refractivity contribution < 1.29 is 8.42 Å². The lowest BCUT2D eigenvalue weighted by atomic mass is 10.2. The van der Waals surface area contributed by atoms with Gasteiger partial charge in [-0.05, 0) is 18.9 Å². The van der Waals surface area contributed by atoms with Crippen LogP contribution in [0.5, 0.6) is 0 Å². The van der Waals surface area contributed by atoms with E-state index in [4.69, 9.17) is 0 Å². The Morgan fingerprint density at radius 1 is 1.21 bits per heavy atom. The maximum atomic E-state index is 11.3. The van der Waals surface area contributed by atoms with Crippen LogP contribution in [0.3, 0.4) is 0 Å². The van der Waals surface area contributed by atoms with Crippen LogP contribution in [0.2, 0.25) is 0 Å². The molecule has 0 saturated heterocycles. The van der Waals surface area contributed by atoms with Gasteiger partial charge < -0.3 is 5.32 Å². The minimum atomic E-state index is -3.07. The van der Waals surface area contributed by atoms with Crippen LogP contribution in [0.4, 0.5) is 0 Å². The summed E-state index contributed by atoms with van der Waals surface area (Å²) in [6.45, 7) is 7.95. The topological polar surface area (TPSA) is 58.2 Å². The van der Waals surface area contributed by atoms with E-state index in [1.54, 1.807) is 0 Å². The van der Waals surface area contributed by atoms with Crippen molar-refractivity contribution in [2.45, 2.75) is 27.2 Å². The fraction of sp³-hybridized carbons (Fsp3) is 1.00. The Labute approximate surface area is 87.5 Å². The van der Waals surface area contributed by atoms with Crippen LogP contribution in [0.25, 0.3) is 0 Å². The molecular weight excluding hydrogens is 200 g/mol. The van der Waals surface area contributed by atoms with Crippen molar-refractivity contribution in [3.05, 3.63) is 0 Å². The lowest BCUT2D eigenvalue weighted by Gasteiger charge is -2.08. The van der Waals surface area contributed by atoms with E-state index in [0.29, 0.717) is 19.0 Å². The molecule has 0 amide bonds. The Balaban J connectivity index is 3.62. The molecule has 86 valence electrons. The molecule has 0 atom stereocenters. The third-order valence-electron chi connectivity index (χ3n) is 1.69. The Morgan fingerprint density at radius 3 is 2.36 bits per heavy atom. The van der Waals surface area contributed by atoms with Crippen LogP contribution in [0, 0.1) is 5.92 Å². The SMILES string of the molecule is CCCNCCS(=O)(=O)NCC(C)C. The van der Waals surface area contributed by atoms with Gasteiger partial charge in [-0.1, -0.05) is 20.8 Å². The minimum Gasteiger partial charge on any atom is -0.316 e. The van der Waals surface area contributed by atoms with Crippen LogP contribution >= 0.6 is 0 Å². The largest absolute Gasteiger partial charge is 0.316 e. The lowest BCUT2D eigenvalue weighted by molar-refractivity contribution is 0.556. The summed E-state index contributed by atoms with van der Waals surface area (Å²) in [5, 5.41) is 3.06. The predicted octanol–water partition coefficient (Wildman–Crippen LogP) is 0.561. The van der Waals surface area contributed by atoms with Crippen LogP contribution in [0.1, 0.15) is 27.2 Å². The summed E-state index contributed by atoms with van der Waals surface area (Å²) in [5.41, 5.74) is 0. The highest BCUT2D eigenvalue weighted by atomic mass is 32.2. The Morgan fingerprint density at radius 2 is 1.86 bits per heavy atom. The standard InChI is InChI=1S/C9H22N2O2S/c1-4-5-10-6-7-14(12,13)11-8-9(2)3/h9-11H,4-8H2,1-3H3. The van der Waals surface area contributed by atoms with Crippen molar-refractivity contribution in [3.8, 4) is 0 Å². The highest BCUT2D eigenvalue weighted by Crippen LogP contribution is 1.90. The van der Waals surface area contributed by atoms with Crippen molar-refractivity contribution in [2.75, 3.05) is 25.4 Å². The van der Waals surface area contributed by atoms with Gasteiger partial charge >= 0.3 is 0 Å². The summed E-state index contributed by atoms with van der Waals surface area (Å²) in [6.07, 6.45) is 1.03. The number of sulfonamides is 1. The Hall–Kier alpha value is -0.130. The molecule has 0 aromatic carbocycles. The van der Waals surface area contributed by atoms with E-state index in [9.17, 15) is 8.42 Å². The van der Waals surface area contributed by atoms with Crippen LogP contribution in [-0.2, 0) is 10.0 Å². The zero-order chi connectivity index (χ0) is 11.0. The summed E-state index contributed by atoms with van der Waals surface area (Å²) < 4.78 is 25.3. The van der Waals surface area contributed by atoms with Gasteiger partial charge in [0.25, 0.3) is 0 Å². The molecule has 0 aliphatic carbocycles. The predicted molar refractivity (Wildman–Crippen MR) is 59.8 cm³/mol. The second-order valence-corrected chi connectivity index (χ2v) is 5.74. The van der Waals surface area contributed by atoms with Crippen LogP contribution < -0.4 is 10.0 Å². The first-order valence-electron chi connectivity index (χ1n) is 5.16. The molecule has 0 unspecified atom stereocenters. The third kappa shape index (κ3) is 8.47. The van der Waals surface area contributed by atoms with E-state index < -0.39 is 10.0 Å². The molecule has 0 rings (SSSR count). The number of nitrogens with one attached hydrogen (secondary N) is 2. The number of hydrogen-bond donors (Lipinski definition) is 2. The van der Waals surface area contributed by atoms with E-state index >= 15 is 0 Å². The summed E-state index contributed by atoms with van der Waals surface area (Å²) in [4.78, 5) is 0. The van der Waals surface area contributed by atoms with E-state index in [1.807, 2.05) is 13.8 Å². The summed E-state index contributed by atoms with van der Waals surface area (Å²) in [5.74, 6) is 0.521. The summed E-state index contributed by atoms with van der Waals surface area (Å²) >= 11 is 0. The van der Waals surface area contributed by atoms with Crippen molar-refractivity contribution in [1.82, 2.24) is 10.0 Å². The molecule has 0 bridgehead atoms. The maximum Gasteiger partial charge on any atom is 0.212 e. The number of rotatable bonds is 8. The molecule has 0 aromatic rings. The normalized spacial score (nSPS) is 12.3. The Kier molecular flexibility index (Phi) is 7.13. The number of hydrogen-bond acceptors (Lipinski definition) is 3. The van der Waals surface area contributed by atoms with E-state index in [2.05, 4.69) is 17.0 Å². The molecule has 0 aromatic heterocycles. The highest BCUT2D eigenvalue weighted by molar-refractivity contribution is 7.89. The van der Waals surface area contributed by atoms with E-state index in [1.165, 1.54) is 0 Å². The molecule has 4 nitrogen and oxygen atoms in total. The molecular formula is C9H22N2O2S. The van der Waals surface area contributed by atoms with Crippen molar-refractivity contribution in [1.29, 1.82) is 0 Å². The van der Waals surface area contributed by atoms with Gasteiger partial charge in [-0.2, -0.15) is 0 Å². The first kappa shape index (κ1) is 13.9. The molecule has 0 aliphatic rings. The highest BCUT2D eigenvalue weighted by Gasteiger charge is 2.09. The lowest BCUT2D eigenvalue weighted by Crippen LogP contribution is -2.34. The molecule has 0 radical (unpaired) electrons. The second kappa shape index (κ2) is 7.20. The first-order chi connectivity index (χ1) is 6.48. The van der Waals surface area contributed by atoms with Gasteiger partial charge in [0.1, 0.15) is 0 Å². The summed E-state index contributed by atoms with van der Waals surface area (Å²) in [6, 6.07) is 0. The van der Waals surface area contributed by atoms with Gasteiger partial charge in [0, 0.05) is 13.1 Å². The second-order valence-electron chi connectivity index (χ2n) is 3.81. The van der Waals surface area contributed by atoms with Gasteiger partial charge in [-0.15, -0.1) is 0 Å². The molecule has 0 spiro atoms. The monoisotopic (exact) mass is 222 g/mol. The van der Waals surface area contributed by atoms with Crippen molar-refractivity contribution in [3.63, 3.8) is 0 Å². The van der Waals surface area contributed by atoms with E-state index in [-0.39, 0.29) is 5.75 Å². The fourth-order valence-electron chi connectivity index (χ4n) is 0.874. The smallest absolute Gasteiger partial charge is 0.212 e. The molecule has 0 aliphatic heterocycles. The molecule has 14 heavy (non-hydrogen) atoms. The quantitative estimate of drug-likeness (QED) is 0.590. The fourth-order valence-corrected chi connectivity index (χ4v) is 2.02.